The van der Waals surface area contributed by atoms with Gasteiger partial charge in [0.25, 0.3) is 5.91 Å². The van der Waals surface area contributed by atoms with Crippen LogP contribution in [0, 0.1) is 5.92 Å². The van der Waals surface area contributed by atoms with Crippen molar-refractivity contribution in [3.05, 3.63) is 59.0 Å². The van der Waals surface area contributed by atoms with Crippen LogP contribution in [0.25, 0.3) is 0 Å². The fourth-order valence-corrected chi connectivity index (χ4v) is 2.53. The predicted molar refractivity (Wildman–Crippen MR) is 92.7 cm³/mol. The number of furan rings is 1. The van der Waals surface area contributed by atoms with Crippen LogP contribution in [0.1, 0.15) is 30.0 Å². The second kappa shape index (κ2) is 8.02. The highest BCUT2D eigenvalue weighted by Crippen LogP contribution is 2.17. The van der Waals surface area contributed by atoms with Crippen molar-refractivity contribution in [3.63, 3.8) is 0 Å². The second-order valence-electron chi connectivity index (χ2n) is 5.96. The molecule has 2 rings (SSSR count). The molecule has 1 N–H and O–H groups in total. The second-order valence-corrected chi connectivity index (χ2v) is 6.37. The quantitative estimate of drug-likeness (QED) is 0.870. The number of likely N-dealkylation sites (N-methyl/N-ethyl adjacent to an activating group) is 1. The maximum atomic E-state index is 12.7. The topological polar surface area (TPSA) is 62.6 Å². The molecule has 0 aliphatic carbocycles. The number of hydrogen-bond donors (Lipinski definition) is 1. The summed E-state index contributed by atoms with van der Waals surface area (Å²) in [6.45, 7) is 4.14. The lowest BCUT2D eigenvalue weighted by molar-refractivity contribution is -0.133. The zero-order valence-electron chi connectivity index (χ0n) is 14.0. The van der Waals surface area contributed by atoms with E-state index in [2.05, 4.69) is 5.32 Å². The van der Waals surface area contributed by atoms with Crippen LogP contribution in [0.5, 0.6) is 0 Å². The molecule has 0 radical (unpaired) electrons. The zero-order valence-corrected chi connectivity index (χ0v) is 14.7. The van der Waals surface area contributed by atoms with Crippen LogP contribution >= 0.6 is 11.6 Å². The number of nitrogens with zero attached hydrogens (tertiary/aromatic N) is 1. The number of carbonyl (C=O) groups is 2. The lowest BCUT2D eigenvalue weighted by atomic mass is 10.0. The Morgan fingerprint density at radius 1 is 1.21 bits per heavy atom. The molecule has 2 aromatic rings. The van der Waals surface area contributed by atoms with Gasteiger partial charge in [0.05, 0.1) is 6.26 Å². The van der Waals surface area contributed by atoms with E-state index in [4.69, 9.17) is 16.0 Å². The van der Waals surface area contributed by atoms with Gasteiger partial charge in [-0.3, -0.25) is 9.59 Å². The first-order valence-electron chi connectivity index (χ1n) is 7.73. The Morgan fingerprint density at radius 2 is 1.92 bits per heavy atom. The van der Waals surface area contributed by atoms with Crippen molar-refractivity contribution in [1.29, 1.82) is 0 Å². The fraction of sp³-hybridized carbons (Fsp3) is 0.333. The average Bonchev–Trinajstić information content (AvgIpc) is 3.08. The summed E-state index contributed by atoms with van der Waals surface area (Å²) in [7, 11) is 1.69. The molecule has 1 aromatic carbocycles. The standard InChI is InChI=1S/C18H21ClN2O3/c1-12(2)16(20-17(22)15-9-6-10-24-15)18(23)21(3)11-13-7-4-5-8-14(13)19/h4-10,12,16H,11H2,1-3H3,(H,20,22). The number of hydrogen-bond acceptors (Lipinski definition) is 3. The van der Waals surface area contributed by atoms with Crippen molar-refractivity contribution in [3.8, 4) is 0 Å². The summed E-state index contributed by atoms with van der Waals surface area (Å²) in [5.41, 5.74) is 0.856. The first kappa shape index (κ1) is 18.1. The molecule has 0 spiro atoms. The van der Waals surface area contributed by atoms with Crippen LogP contribution in [-0.4, -0.2) is 29.8 Å². The first-order chi connectivity index (χ1) is 11.4. The fourth-order valence-electron chi connectivity index (χ4n) is 2.33. The molecule has 0 saturated carbocycles. The molecule has 0 bridgehead atoms. The molecule has 0 fully saturated rings. The molecular formula is C18H21ClN2O3. The average molecular weight is 349 g/mol. The monoisotopic (exact) mass is 348 g/mol. The van der Waals surface area contributed by atoms with E-state index in [0.717, 1.165) is 5.56 Å². The van der Waals surface area contributed by atoms with Gasteiger partial charge in [-0.15, -0.1) is 0 Å². The van der Waals surface area contributed by atoms with E-state index >= 15 is 0 Å². The molecule has 6 heteroatoms. The minimum absolute atomic E-state index is 0.0647. The summed E-state index contributed by atoms with van der Waals surface area (Å²) in [6, 6.07) is 9.92. The Balaban J connectivity index is 2.08. The summed E-state index contributed by atoms with van der Waals surface area (Å²) >= 11 is 6.15. The molecule has 0 saturated heterocycles. The van der Waals surface area contributed by atoms with Gasteiger partial charge >= 0.3 is 0 Å². The number of benzene rings is 1. The lowest BCUT2D eigenvalue weighted by Gasteiger charge is -2.27. The van der Waals surface area contributed by atoms with E-state index in [1.807, 2.05) is 32.0 Å². The van der Waals surface area contributed by atoms with Gasteiger partial charge in [0.1, 0.15) is 6.04 Å². The van der Waals surface area contributed by atoms with Crippen LogP contribution in [0.3, 0.4) is 0 Å². The van der Waals surface area contributed by atoms with E-state index in [1.165, 1.54) is 6.26 Å². The minimum Gasteiger partial charge on any atom is -0.459 e. The highest BCUT2D eigenvalue weighted by molar-refractivity contribution is 6.31. The highest BCUT2D eigenvalue weighted by Gasteiger charge is 2.28. The molecule has 5 nitrogen and oxygen atoms in total. The SMILES string of the molecule is CC(C)C(NC(=O)c1ccco1)C(=O)N(C)Cc1ccccc1Cl. The molecule has 1 heterocycles. The molecule has 1 atom stereocenters. The van der Waals surface area contributed by atoms with Gasteiger partial charge in [-0.25, -0.2) is 0 Å². The number of amides is 2. The Bertz CT molecular complexity index is 698. The lowest BCUT2D eigenvalue weighted by Crippen LogP contribution is -2.50. The summed E-state index contributed by atoms with van der Waals surface area (Å²) in [4.78, 5) is 26.5. The van der Waals surface area contributed by atoms with Crippen molar-refractivity contribution in [2.45, 2.75) is 26.4 Å². The van der Waals surface area contributed by atoms with Crippen LogP contribution < -0.4 is 5.32 Å². The van der Waals surface area contributed by atoms with Crippen LogP contribution in [0.15, 0.2) is 47.1 Å². The largest absolute Gasteiger partial charge is 0.459 e. The van der Waals surface area contributed by atoms with Crippen molar-refractivity contribution in [2.24, 2.45) is 5.92 Å². The summed E-state index contributed by atoms with van der Waals surface area (Å²) < 4.78 is 5.07. The van der Waals surface area contributed by atoms with Gasteiger partial charge in [0.2, 0.25) is 5.91 Å². The number of nitrogens with one attached hydrogen (secondary N) is 1. The Kier molecular flexibility index (Phi) is 6.04. The van der Waals surface area contributed by atoms with Gasteiger partial charge < -0.3 is 14.6 Å². The maximum absolute atomic E-state index is 12.7. The molecule has 0 aliphatic heterocycles. The van der Waals surface area contributed by atoms with Crippen molar-refractivity contribution in [1.82, 2.24) is 10.2 Å². The van der Waals surface area contributed by atoms with E-state index < -0.39 is 11.9 Å². The summed E-state index contributed by atoms with van der Waals surface area (Å²) in [6.07, 6.45) is 1.42. The Morgan fingerprint density at radius 3 is 2.50 bits per heavy atom. The van der Waals surface area contributed by atoms with Crippen LogP contribution in [0.4, 0.5) is 0 Å². The maximum Gasteiger partial charge on any atom is 0.287 e. The van der Waals surface area contributed by atoms with E-state index in [0.29, 0.717) is 11.6 Å². The number of rotatable bonds is 6. The van der Waals surface area contributed by atoms with E-state index in [-0.39, 0.29) is 17.6 Å². The third-order valence-electron chi connectivity index (χ3n) is 3.71. The Hall–Kier alpha value is -2.27. The highest BCUT2D eigenvalue weighted by atomic mass is 35.5. The van der Waals surface area contributed by atoms with Gasteiger partial charge in [0, 0.05) is 18.6 Å². The van der Waals surface area contributed by atoms with Gasteiger partial charge in [-0.1, -0.05) is 43.6 Å². The number of carbonyl (C=O) groups excluding carboxylic acids is 2. The molecule has 128 valence electrons. The van der Waals surface area contributed by atoms with Crippen molar-refractivity contribution >= 4 is 23.4 Å². The third kappa shape index (κ3) is 4.38. The minimum atomic E-state index is -0.643. The zero-order chi connectivity index (χ0) is 17.7. The van der Waals surface area contributed by atoms with Gasteiger partial charge in [0.15, 0.2) is 5.76 Å². The normalized spacial score (nSPS) is 12.0. The molecule has 24 heavy (non-hydrogen) atoms. The van der Waals surface area contributed by atoms with E-state index in [9.17, 15) is 9.59 Å². The molecule has 2 amide bonds. The van der Waals surface area contributed by atoms with Crippen molar-refractivity contribution in [2.75, 3.05) is 7.05 Å². The smallest absolute Gasteiger partial charge is 0.287 e. The molecule has 1 aromatic heterocycles. The van der Waals surface area contributed by atoms with Crippen molar-refractivity contribution < 1.29 is 14.0 Å². The summed E-state index contributed by atoms with van der Waals surface area (Å²) in [5.74, 6) is -0.463. The molecule has 1 unspecified atom stereocenters. The third-order valence-corrected chi connectivity index (χ3v) is 4.07. The number of halogens is 1. The Labute approximate surface area is 146 Å². The molecule has 0 aliphatic rings. The van der Waals surface area contributed by atoms with Crippen LogP contribution in [-0.2, 0) is 11.3 Å². The van der Waals surface area contributed by atoms with Crippen LogP contribution in [0.2, 0.25) is 5.02 Å². The predicted octanol–water partition coefficient (Wildman–Crippen LogP) is 3.35. The van der Waals surface area contributed by atoms with Gasteiger partial charge in [-0.2, -0.15) is 0 Å². The van der Waals surface area contributed by atoms with E-state index in [1.54, 1.807) is 30.1 Å². The first-order valence-corrected chi connectivity index (χ1v) is 8.10. The van der Waals surface area contributed by atoms with Gasteiger partial charge in [-0.05, 0) is 29.7 Å². The molecular weight excluding hydrogens is 328 g/mol. The summed E-state index contributed by atoms with van der Waals surface area (Å²) in [5, 5.41) is 3.35.